The second-order valence-corrected chi connectivity index (χ2v) is 10.0. The van der Waals surface area contributed by atoms with Crippen LogP contribution in [0.1, 0.15) is 56.2 Å². The molecule has 2 aromatic carbocycles. The largest absolute Gasteiger partial charge is 0.447 e. The number of carbonyl (C=O) groups excluding carboxylic acids is 2. The van der Waals surface area contributed by atoms with Gasteiger partial charge in [0, 0.05) is 18.6 Å². The van der Waals surface area contributed by atoms with Gasteiger partial charge in [0.15, 0.2) is 11.4 Å². The molecule has 0 saturated heterocycles. The fourth-order valence-corrected chi connectivity index (χ4v) is 5.07. The second kappa shape index (κ2) is 9.55. The number of hydrogen-bond donors (Lipinski definition) is 0. The third-order valence-corrected chi connectivity index (χ3v) is 7.05. The smallest absolute Gasteiger partial charge is 0.343 e. The predicted molar refractivity (Wildman–Crippen MR) is 132 cm³/mol. The molecule has 1 aliphatic heterocycles. The van der Waals surface area contributed by atoms with Crippen LogP contribution in [0.4, 0.5) is 0 Å². The topological polar surface area (TPSA) is 61.8 Å². The lowest BCUT2D eigenvalue weighted by Crippen LogP contribution is -2.42. The van der Waals surface area contributed by atoms with Crippen molar-refractivity contribution in [1.82, 2.24) is 0 Å². The molecule has 0 N–H and O–H groups in total. The Hall–Kier alpha value is -2.63. The maximum Gasteiger partial charge on any atom is 0.343 e. The molecular formula is C28H31ClO5. The highest BCUT2D eigenvalue weighted by Gasteiger charge is 2.53. The molecule has 2 aromatic rings. The van der Waals surface area contributed by atoms with Crippen molar-refractivity contribution >= 4 is 29.1 Å². The summed E-state index contributed by atoms with van der Waals surface area (Å²) in [6, 6.07) is 11.6. The van der Waals surface area contributed by atoms with E-state index in [2.05, 4.69) is 0 Å². The monoisotopic (exact) mass is 482 g/mol. The van der Waals surface area contributed by atoms with Crippen LogP contribution < -0.4 is 0 Å². The van der Waals surface area contributed by atoms with Gasteiger partial charge in [0.05, 0.1) is 12.0 Å². The maximum absolute atomic E-state index is 13.4. The summed E-state index contributed by atoms with van der Waals surface area (Å²) in [6.45, 7) is 7.55. The molecule has 6 heteroatoms. The van der Waals surface area contributed by atoms with Crippen molar-refractivity contribution < 1.29 is 23.8 Å². The molecule has 1 saturated carbocycles. The molecule has 1 aliphatic carbocycles. The zero-order chi connectivity index (χ0) is 24.6. The van der Waals surface area contributed by atoms with Crippen LogP contribution in [0.25, 0.3) is 16.7 Å². The van der Waals surface area contributed by atoms with Crippen LogP contribution in [-0.4, -0.2) is 30.8 Å². The van der Waals surface area contributed by atoms with Gasteiger partial charge in [-0.1, -0.05) is 43.6 Å². The van der Waals surface area contributed by atoms with Crippen LogP contribution in [0.2, 0.25) is 5.02 Å². The molecule has 1 fully saturated rings. The first kappa shape index (κ1) is 24.5. The number of ether oxygens (including phenoxy) is 3. The first-order chi connectivity index (χ1) is 16.1. The molecule has 0 unspecified atom stereocenters. The minimum absolute atomic E-state index is 0.0719. The third-order valence-electron chi connectivity index (χ3n) is 6.80. The normalized spacial score (nSPS) is 22.4. The fourth-order valence-electron chi connectivity index (χ4n) is 4.94. The average Bonchev–Trinajstić information content (AvgIpc) is 3.04. The summed E-state index contributed by atoms with van der Waals surface area (Å²) < 4.78 is 17.6. The predicted octanol–water partition coefficient (Wildman–Crippen LogP) is 6.42. The number of carbonyl (C=O) groups is 2. The Labute approximate surface area is 206 Å². The van der Waals surface area contributed by atoms with Gasteiger partial charge in [-0.3, -0.25) is 4.79 Å². The van der Waals surface area contributed by atoms with Crippen molar-refractivity contribution in [1.29, 1.82) is 0 Å². The highest BCUT2D eigenvalue weighted by Crippen LogP contribution is 2.48. The van der Waals surface area contributed by atoms with Crippen molar-refractivity contribution in [2.75, 3.05) is 7.11 Å². The molecule has 0 aromatic heterocycles. The highest BCUT2D eigenvalue weighted by atomic mass is 35.5. The molecule has 180 valence electrons. The van der Waals surface area contributed by atoms with Crippen LogP contribution in [0.15, 0.2) is 42.2 Å². The van der Waals surface area contributed by atoms with Crippen LogP contribution in [0, 0.1) is 19.8 Å². The summed E-state index contributed by atoms with van der Waals surface area (Å²) in [7, 11) is 1.66. The maximum atomic E-state index is 13.4. The second-order valence-electron chi connectivity index (χ2n) is 9.61. The van der Waals surface area contributed by atoms with Crippen molar-refractivity contribution in [3.05, 3.63) is 63.9 Å². The molecule has 0 radical (unpaired) electrons. The fraction of sp³-hybridized carbons (Fsp3) is 0.429. The van der Waals surface area contributed by atoms with Gasteiger partial charge < -0.3 is 14.2 Å². The summed E-state index contributed by atoms with van der Waals surface area (Å²) >= 11 is 6.09. The molecule has 2 aliphatic rings. The molecule has 5 nitrogen and oxygen atoms in total. The van der Waals surface area contributed by atoms with E-state index in [-0.39, 0.29) is 18.0 Å². The first-order valence-corrected chi connectivity index (χ1v) is 12.1. The van der Waals surface area contributed by atoms with Crippen molar-refractivity contribution in [2.45, 2.75) is 65.1 Å². The van der Waals surface area contributed by atoms with Gasteiger partial charge in [0.1, 0.15) is 5.57 Å². The van der Waals surface area contributed by atoms with E-state index in [9.17, 15) is 9.59 Å². The number of esters is 2. The number of benzene rings is 2. The van der Waals surface area contributed by atoms with Gasteiger partial charge in [0.2, 0.25) is 0 Å². The molecule has 4 rings (SSSR count). The van der Waals surface area contributed by atoms with Crippen LogP contribution in [0.3, 0.4) is 0 Å². The summed E-state index contributed by atoms with van der Waals surface area (Å²) in [5.74, 6) is -0.858. The Morgan fingerprint density at radius 3 is 2.44 bits per heavy atom. The standard InChI is InChI=1S/C28H31ClO5/c1-16(2)26(30)33-25-24(27(31)34-28(25)12-6-7-21(15-28)32-5)23-14-22(17(3)13-18(23)4)19-8-10-20(29)11-9-19/h8-11,13-14,16,21H,6-7,12,15H2,1-5H3/t21-,28+/m0/s1. The van der Waals surface area contributed by atoms with E-state index in [4.69, 9.17) is 25.8 Å². The summed E-state index contributed by atoms with van der Waals surface area (Å²) in [4.78, 5) is 26.2. The molecular weight excluding hydrogens is 452 g/mol. The van der Waals surface area contributed by atoms with E-state index in [0.717, 1.165) is 35.1 Å². The van der Waals surface area contributed by atoms with Crippen molar-refractivity contribution in [3.63, 3.8) is 0 Å². The SMILES string of the molecule is CO[C@H]1CCC[C@]2(C1)OC(=O)C(c1cc(-c3ccc(Cl)cc3)c(C)cc1C)=C2OC(=O)C(C)C. The molecule has 0 amide bonds. The number of halogens is 1. The molecule has 2 atom stereocenters. The Morgan fingerprint density at radius 2 is 1.79 bits per heavy atom. The summed E-state index contributed by atoms with van der Waals surface area (Å²) in [6.07, 6.45) is 2.68. The average molecular weight is 483 g/mol. The van der Waals surface area contributed by atoms with Gasteiger partial charge in [0.25, 0.3) is 0 Å². The summed E-state index contributed by atoms with van der Waals surface area (Å²) in [5.41, 5.74) is 4.00. The van der Waals surface area contributed by atoms with Crippen LogP contribution in [-0.2, 0) is 23.8 Å². The minimum Gasteiger partial charge on any atom is -0.447 e. The first-order valence-electron chi connectivity index (χ1n) is 11.8. The van der Waals surface area contributed by atoms with Crippen molar-refractivity contribution in [2.24, 2.45) is 5.92 Å². The van der Waals surface area contributed by atoms with E-state index in [1.54, 1.807) is 21.0 Å². The lowest BCUT2D eigenvalue weighted by atomic mass is 9.80. The van der Waals surface area contributed by atoms with E-state index >= 15 is 0 Å². The Bertz CT molecular complexity index is 1150. The quantitative estimate of drug-likeness (QED) is 0.460. The molecule has 34 heavy (non-hydrogen) atoms. The van der Waals surface area contributed by atoms with E-state index in [1.165, 1.54) is 0 Å². The Balaban J connectivity index is 1.90. The van der Waals surface area contributed by atoms with Gasteiger partial charge in [-0.05, 0) is 79.1 Å². The third kappa shape index (κ3) is 4.51. The highest BCUT2D eigenvalue weighted by molar-refractivity contribution is 6.30. The lowest BCUT2D eigenvalue weighted by Gasteiger charge is -2.37. The Morgan fingerprint density at radius 1 is 1.12 bits per heavy atom. The van der Waals surface area contributed by atoms with Crippen LogP contribution >= 0.6 is 11.6 Å². The number of rotatable bonds is 5. The summed E-state index contributed by atoms with van der Waals surface area (Å²) in [5, 5.41) is 0.658. The molecule has 1 heterocycles. The van der Waals surface area contributed by atoms with Gasteiger partial charge in [-0.15, -0.1) is 0 Å². The van der Waals surface area contributed by atoms with Crippen molar-refractivity contribution in [3.8, 4) is 11.1 Å². The number of hydrogen-bond acceptors (Lipinski definition) is 5. The van der Waals surface area contributed by atoms with E-state index < -0.39 is 11.6 Å². The van der Waals surface area contributed by atoms with Gasteiger partial charge >= 0.3 is 11.9 Å². The van der Waals surface area contributed by atoms with E-state index in [1.807, 2.05) is 50.2 Å². The van der Waals surface area contributed by atoms with Crippen LogP contribution in [0.5, 0.6) is 0 Å². The van der Waals surface area contributed by atoms with Gasteiger partial charge in [-0.2, -0.15) is 0 Å². The zero-order valence-corrected chi connectivity index (χ0v) is 21.1. The number of aryl methyl sites for hydroxylation is 2. The molecule has 0 bridgehead atoms. The number of methoxy groups -OCH3 is 1. The lowest BCUT2D eigenvalue weighted by molar-refractivity contribution is -0.160. The van der Waals surface area contributed by atoms with Gasteiger partial charge in [-0.25, -0.2) is 4.79 Å². The molecule has 1 spiro atoms. The Kier molecular flexibility index (Phi) is 6.88. The zero-order valence-electron chi connectivity index (χ0n) is 20.4. The van der Waals surface area contributed by atoms with E-state index in [0.29, 0.717) is 34.8 Å². The minimum atomic E-state index is -0.992.